The lowest BCUT2D eigenvalue weighted by Crippen LogP contribution is -2.51. The summed E-state index contributed by atoms with van der Waals surface area (Å²) in [6.45, 7) is 12.3. The predicted octanol–water partition coefficient (Wildman–Crippen LogP) is 4.71. The summed E-state index contributed by atoms with van der Waals surface area (Å²) in [4.78, 5) is 79.0. The van der Waals surface area contributed by atoms with E-state index in [0.717, 1.165) is 75.2 Å². The zero-order valence-electron chi connectivity index (χ0n) is 41.1. The highest BCUT2D eigenvalue weighted by Gasteiger charge is 2.37. The molecule has 0 radical (unpaired) electrons. The molecule has 23 heteroatoms. The van der Waals surface area contributed by atoms with E-state index in [9.17, 15) is 19.2 Å². The number of hydrogen-bond donors (Lipinski definition) is 3. The van der Waals surface area contributed by atoms with E-state index >= 15 is 4.39 Å². The molecule has 4 N–H and O–H groups in total. The van der Waals surface area contributed by atoms with Crippen LogP contribution in [0.15, 0.2) is 29.2 Å². The minimum atomic E-state index is -0.559. The van der Waals surface area contributed by atoms with Crippen LogP contribution in [0, 0.1) is 18.7 Å². The molecule has 4 saturated heterocycles. The van der Waals surface area contributed by atoms with Crippen molar-refractivity contribution in [3.63, 3.8) is 0 Å². The lowest BCUT2D eigenvalue weighted by molar-refractivity contribution is -0.131. The number of nitrogen functional groups attached to an aromatic ring is 1. The minimum absolute atomic E-state index is 0.0147. The molecule has 0 unspecified atom stereocenters. The first-order chi connectivity index (χ1) is 34.8. The number of amides is 6. The van der Waals surface area contributed by atoms with Gasteiger partial charge in [0.05, 0.1) is 23.2 Å². The molecule has 0 atom stereocenters. The van der Waals surface area contributed by atoms with Gasteiger partial charge in [0.1, 0.15) is 29.0 Å². The molecule has 22 nitrogen and oxygen atoms in total. The molecule has 6 amide bonds. The van der Waals surface area contributed by atoms with E-state index in [4.69, 9.17) is 25.3 Å². The SMILES string of the molecule is Cc1nc(-c2c(-c3nn(C(C)C)c4ncnc(N)c34)noc2C2CC2)ncc1C1CCN(C(=O)NCC(=O)N2CCC(CN3CCN(c4ccc5c(N6CCC(=O)NC6=O)nn(C)c5c4F)CC3)CC2)CC1. The van der Waals surface area contributed by atoms with Crippen LogP contribution in [0.5, 0.6) is 0 Å². The zero-order valence-corrected chi connectivity index (χ0v) is 41.1. The Kier molecular flexibility index (Phi) is 12.4. The zero-order chi connectivity index (χ0) is 49.9. The largest absolute Gasteiger partial charge is 0.383 e. The molecule has 0 spiro atoms. The molecule has 6 aromatic rings. The molecule has 5 aliphatic rings. The molecular weight excluding hydrogens is 926 g/mol. The van der Waals surface area contributed by atoms with E-state index in [2.05, 4.69) is 40.7 Å². The third-order valence-electron chi connectivity index (χ3n) is 15.2. The number of hydrogen-bond acceptors (Lipinski definition) is 15. The summed E-state index contributed by atoms with van der Waals surface area (Å²) < 4.78 is 25.4. The summed E-state index contributed by atoms with van der Waals surface area (Å²) in [5, 5.41) is 20.2. The normalized spacial score (nSPS) is 18.8. The maximum absolute atomic E-state index is 16.1. The maximum atomic E-state index is 16.1. The van der Waals surface area contributed by atoms with E-state index in [1.807, 2.05) is 36.5 Å². The van der Waals surface area contributed by atoms with Crippen LogP contribution >= 0.6 is 0 Å². The Bertz CT molecular complexity index is 3080. The summed E-state index contributed by atoms with van der Waals surface area (Å²) in [6.07, 6.45) is 8.70. The van der Waals surface area contributed by atoms with Crippen molar-refractivity contribution in [2.45, 2.75) is 83.6 Å². The number of nitrogens with one attached hydrogen (secondary N) is 2. The third-order valence-corrected chi connectivity index (χ3v) is 15.2. The number of piperazine rings is 1. The number of carbonyl (C=O) groups excluding carboxylic acids is 4. The number of fused-ring (bicyclic) bond motifs is 2. The van der Waals surface area contributed by atoms with Gasteiger partial charge in [-0.05, 0) is 88.8 Å². The third kappa shape index (κ3) is 8.80. The monoisotopic (exact) mass is 985 g/mol. The molecule has 0 bridgehead atoms. The molecule has 1 aromatic carbocycles. The first-order valence-corrected chi connectivity index (χ1v) is 25.2. The summed E-state index contributed by atoms with van der Waals surface area (Å²) >= 11 is 0. The Labute approximate surface area is 414 Å². The molecule has 72 heavy (non-hydrogen) atoms. The van der Waals surface area contributed by atoms with Gasteiger partial charge in [-0.25, -0.2) is 38.6 Å². The van der Waals surface area contributed by atoms with Crippen molar-refractivity contribution in [1.29, 1.82) is 0 Å². The van der Waals surface area contributed by atoms with Gasteiger partial charge in [0.25, 0.3) is 0 Å². The Morgan fingerprint density at radius 2 is 1.65 bits per heavy atom. The number of piperidine rings is 2. The Balaban J connectivity index is 0.638. The van der Waals surface area contributed by atoms with Crippen LogP contribution < -0.4 is 26.2 Å². The van der Waals surface area contributed by atoms with Crippen molar-refractivity contribution < 1.29 is 28.1 Å². The van der Waals surface area contributed by atoms with Gasteiger partial charge in [-0.1, -0.05) is 5.16 Å². The lowest BCUT2D eigenvalue weighted by Gasteiger charge is -2.39. The molecule has 5 aromatic heterocycles. The maximum Gasteiger partial charge on any atom is 0.329 e. The van der Waals surface area contributed by atoms with Crippen LogP contribution in [-0.4, -0.2) is 155 Å². The second-order valence-electron chi connectivity index (χ2n) is 20.2. The van der Waals surface area contributed by atoms with Crippen molar-refractivity contribution >= 4 is 63.1 Å². The molecule has 1 saturated carbocycles. The number of urea groups is 2. The number of nitrogens with zero attached hydrogens (tertiary/aromatic N) is 14. The summed E-state index contributed by atoms with van der Waals surface area (Å²) in [5.74, 6) is 1.91. The number of halogens is 1. The highest BCUT2D eigenvalue weighted by Crippen LogP contribution is 2.48. The standard InChI is InChI=1S/C49H60FN17O5/c1-27(2)67-47-38(44(51)54-26-55-47)40(58-67)41-37(43(72-60-41)31-5-6-31)45-52-23-33(28(3)56-45)30-11-16-65(17-12-30)48(70)53-24-36(69)64-14-9-29(10-15-64)25-62-19-21-63(22-20-62)34-8-7-32-42(39(34)50)61(4)59-46(32)66-18-13-35(68)57-49(66)71/h7-8,23,26-27,29-31H,5-6,9-22,24-25H2,1-4H3,(H,53,70)(H2,51,54,55)(H,57,68,71). The van der Waals surface area contributed by atoms with Crippen LogP contribution in [0.2, 0.25) is 0 Å². The number of benzene rings is 1. The summed E-state index contributed by atoms with van der Waals surface area (Å²) in [5.41, 5.74) is 11.5. The second-order valence-corrected chi connectivity index (χ2v) is 20.2. The lowest BCUT2D eigenvalue weighted by atomic mass is 9.89. The van der Waals surface area contributed by atoms with Crippen molar-refractivity contribution in [1.82, 2.24) is 70.0 Å². The van der Waals surface area contributed by atoms with Crippen molar-refractivity contribution in [3.8, 4) is 22.8 Å². The molecule has 5 fully saturated rings. The van der Waals surface area contributed by atoms with Crippen molar-refractivity contribution in [2.75, 3.05) is 87.5 Å². The first-order valence-electron chi connectivity index (χ1n) is 25.2. The Hall–Kier alpha value is -7.30. The number of imide groups is 1. The predicted molar refractivity (Wildman–Crippen MR) is 264 cm³/mol. The fourth-order valence-corrected chi connectivity index (χ4v) is 11.0. The molecule has 11 rings (SSSR count). The molecular formula is C49H60FN17O5. The van der Waals surface area contributed by atoms with E-state index in [1.54, 1.807) is 24.1 Å². The number of nitrogens with two attached hydrogens (primary N) is 1. The highest BCUT2D eigenvalue weighted by atomic mass is 19.1. The molecule has 1 aliphatic carbocycles. The number of anilines is 3. The summed E-state index contributed by atoms with van der Waals surface area (Å²) in [7, 11) is 1.66. The minimum Gasteiger partial charge on any atom is -0.383 e. The van der Waals surface area contributed by atoms with Gasteiger partial charge in [-0.3, -0.25) is 29.4 Å². The number of aromatic nitrogens is 9. The highest BCUT2D eigenvalue weighted by molar-refractivity contribution is 6.09. The number of carbonyl (C=O) groups is 4. The van der Waals surface area contributed by atoms with E-state index in [-0.39, 0.29) is 61.1 Å². The van der Waals surface area contributed by atoms with Crippen LogP contribution in [0.4, 0.5) is 31.3 Å². The van der Waals surface area contributed by atoms with E-state index in [1.165, 1.54) is 15.9 Å². The second kappa shape index (κ2) is 19.0. The van der Waals surface area contributed by atoms with Crippen LogP contribution in [-0.2, 0) is 16.6 Å². The van der Waals surface area contributed by atoms with Gasteiger partial charge in [-0.2, -0.15) is 10.2 Å². The smallest absolute Gasteiger partial charge is 0.329 e. The topological polar surface area (TPSA) is 248 Å². The average molecular weight is 986 g/mol. The van der Waals surface area contributed by atoms with Crippen LogP contribution in [0.25, 0.3) is 44.7 Å². The number of likely N-dealkylation sites (tertiary alicyclic amines) is 2. The van der Waals surface area contributed by atoms with E-state index in [0.29, 0.717) is 107 Å². The van der Waals surface area contributed by atoms with Gasteiger partial charge in [-0.15, -0.1) is 0 Å². The summed E-state index contributed by atoms with van der Waals surface area (Å²) in [6, 6.07) is 2.77. The number of rotatable bonds is 11. The molecule has 9 heterocycles. The Morgan fingerprint density at radius 1 is 0.903 bits per heavy atom. The first kappa shape index (κ1) is 47.0. The van der Waals surface area contributed by atoms with Gasteiger partial charge < -0.3 is 30.3 Å². The van der Waals surface area contributed by atoms with Gasteiger partial charge in [0.15, 0.2) is 28.9 Å². The van der Waals surface area contributed by atoms with Crippen molar-refractivity contribution in [3.05, 3.63) is 47.5 Å². The quantitative estimate of drug-likeness (QED) is 0.159. The van der Waals surface area contributed by atoms with Gasteiger partial charge in [0.2, 0.25) is 11.8 Å². The Morgan fingerprint density at radius 3 is 2.36 bits per heavy atom. The van der Waals surface area contributed by atoms with Crippen molar-refractivity contribution in [2.24, 2.45) is 13.0 Å². The fraction of sp³-hybridized carbons (Fsp3) is 0.531. The average Bonchev–Trinajstić information content (AvgIpc) is 3.85. The number of aryl methyl sites for hydroxylation is 2. The van der Waals surface area contributed by atoms with Gasteiger partial charge in [0, 0.05) is 108 Å². The van der Waals surface area contributed by atoms with Gasteiger partial charge >= 0.3 is 12.1 Å². The van der Waals surface area contributed by atoms with E-state index < -0.39 is 6.03 Å². The van der Waals surface area contributed by atoms with Crippen LogP contribution in [0.3, 0.4) is 0 Å². The molecule has 378 valence electrons. The van der Waals surface area contributed by atoms with Crippen LogP contribution in [0.1, 0.15) is 93.7 Å². The fourth-order valence-electron chi connectivity index (χ4n) is 11.0. The molecule has 4 aliphatic heterocycles.